The summed E-state index contributed by atoms with van der Waals surface area (Å²) in [6.07, 6.45) is 3.74. The molecule has 0 bridgehead atoms. The fourth-order valence-electron chi connectivity index (χ4n) is 4.10. The number of benzene rings is 2. The summed E-state index contributed by atoms with van der Waals surface area (Å²) in [7, 11) is 0. The zero-order valence-electron chi connectivity index (χ0n) is 17.9. The van der Waals surface area contributed by atoms with Gasteiger partial charge >= 0.3 is 0 Å². The first kappa shape index (κ1) is 20.3. The summed E-state index contributed by atoms with van der Waals surface area (Å²) in [6.45, 7) is 3.33. The molecule has 1 aliphatic carbocycles. The molecule has 164 valence electrons. The van der Waals surface area contributed by atoms with Crippen LogP contribution in [0.5, 0.6) is 0 Å². The molecule has 1 saturated carbocycles. The fourth-order valence-corrected chi connectivity index (χ4v) is 4.10. The summed E-state index contributed by atoms with van der Waals surface area (Å²) in [4.78, 5) is 21.2. The maximum absolute atomic E-state index is 12.2. The van der Waals surface area contributed by atoms with Gasteiger partial charge in [0, 0.05) is 48.5 Å². The maximum atomic E-state index is 12.2. The quantitative estimate of drug-likeness (QED) is 0.589. The molecule has 2 aromatic carbocycles. The van der Waals surface area contributed by atoms with Crippen LogP contribution in [0, 0.1) is 0 Å². The van der Waals surface area contributed by atoms with Crippen molar-refractivity contribution in [1.82, 2.24) is 4.98 Å². The van der Waals surface area contributed by atoms with Crippen LogP contribution in [0.3, 0.4) is 0 Å². The number of para-hydroxylation sites is 1. The van der Waals surface area contributed by atoms with Gasteiger partial charge in [0.15, 0.2) is 0 Å². The second kappa shape index (κ2) is 8.88. The first-order chi connectivity index (χ1) is 15.7. The van der Waals surface area contributed by atoms with Crippen molar-refractivity contribution in [3.8, 4) is 0 Å². The number of nitrogens with one attached hydrogen (secondary N) is 1. The smallest absolute Gasteiger partial charge is 0.252 e. The first-order valence-electron chi connectivity index (χ1n) is 11.0. The highest BCUT2D eigenvalue weighted by Crippen LogP contribution is 2.40. The Hall–Kier alpha value is -3.58. The number of aromatic nitrogens is 1. The molecule has 2 aliphatic rings. The van der Waals surface area contributed by atoms with E-state index in [0.29, 0.717) is 17.4 Å². The van der Waals surface area contributed by atoms with E-state index in [2.05, 4.69) is 44.4 Å². The SMILES string of the molecule is NC(=O)c1cnc(Nc2ccc(N3CCOCC3)cc2)cc1N(c1ccccc1)C1CC1. The van der Waals surface area contributed by atoms with E-state index in [1.807, 2.05) is 36.4 Å². The first-order valence-corrected chi connectivity index (χ1v) is 11.0. The lowest BCUT2D eigenvalue weighted by molar-refractivity contribution is 0.100. The van der Waals surface area contributed by atoms with Crippen LogP contribution in [0.1, 0.15) is 23.2 Å². The Bertz CT molecular complexity index is 1080. The van der Waals surface area contributed by atoms with E-state index in [0.717, 1.165) is 56.2 Å². The third kappa shape index (κ3) is 4.38. The number of nitrogens with zero attached hydrogens (tertiary/aromatic N) is 3. The van der Waals surface area contributed by atoms with Crippen molar-refractivity contribution in [3.63, 3.8) is 0 Å². The molecule has 32 heavy (non-hydrogen) atoms. The van der Waals surface area contributed by atoms with Crippen molar-refractivity contribution in [2.45, 2.75) is 18.9 Å². The second-order valence-electron chi connectivity index (χ2n) is 8.16. The average molecular weight is 430 g/mol. The van der Waals surface area contributed by atoms with E-state index in [1.165, 1.54) is 5.69 Å². The number of ether oxygens (including phenoxy) is 1. The predicted molar refractivity (Wildman–Crippen MR) is 127 cm³/mol. The number of amides is 1. The molecule has 0 radical (unpaired) electrons. The Morgan fingerprint density at radius 1 is 1.06 bits per heavy atom. The molecule has 1 amide bonds. The van der Waals surface area contributed by atoms with Gasteiger partial charge in [-0.25, -0.2) is 4.98 Å². The van der Waals surface area contributed by atoms with E-state index in [1.54, 1.807) is 6.20 Å². The zero-order valence-corrected chi connectivity index (χ0v) is 17.9. The lowest BCUT2D eigenvalue weighted by Crippen LogP contribution is -2.36. The summed E-state index contributed by atoms with van der Waals surface area (Å²) in [5.74, 6) is 0.196. The van der Waals surface area contributed by atoms with E-state index in [-0.39, 0.29) is 0 Å². The number of hydrogen-bond acceptors (Lipinski definition) is 6. The number of primary amides is 1. The number of nitrogens with two attached hydrogens (primary N) is 1. The highest BCUT2D eigenvalue weighted by molar-refractivity contribution is 6.00. The highest BCUT2D eigenvalue weighted by Gasteiger charge is 2.32. The minimum atomic E-state index is -0.476. The molecule has 1 saturated heterocycles. The second-order valence-corrected chi connectivity index (χ2v) is 8.16. The van der Waals surface area contributed by atoms with Crippen LogP contribution in [-0.2, 0) is 4.74 Å². The molecule has 7 heteroatoms. The topological polar surface area (TPSA) is 83.7 Å². The van der Waals surface area contributed by atoms with Gasteiger partial charge in [0.05, 0.1) is 24.5 Å². The number of carbonyl (C=O) groups excluding carboxylic acids is 1. The van der Waals surface area contributed by atoms with E-state index >= 15 is 0 Å². The van der Waals surface area contributed by atoms with Crippen LogP contribution in [0.25, 0.3) is 0 Å². The molecule has 0 unspecified atom stereocenters. The number of morpholine rings is 1. The van der Waals surface area contributed by atoms with Crippen LogP contribution in [0.15, 0.2) is 66.9 Å². The molecule has 1 aliphatic heterocycles. The van der Waals surface area contributed by atoms with Gasteiger partial charge in [0.1, 0.15) is 5.82 Å². The monoisotopic (exact) mass is 429 g/mol. The van der Waals surface area contributed by atoms with Crippen LogP contribution in [-0.4, -0.2) is 43.2 Å². The molecule has 2 heterocycles. The summed E-state index contributed by atoms with van der Waals surface area (Å²) >= 11 is 0. The van der Waals surface area contributed by atoms with Crippen molar-refractivity contribution in [1.29, 1.82) is 0 Å². The molecule has 7 nitrogen and oxygen atoms in total. The number of pyridine rings is 1. The summed E-state index contributed by atoms with van der Waals surface area (Å²) in [6, 6.07) is 20.7. The molecule has 0 atom stereocenters. The Labute approximate surface area is 187 Å². The molecule has 0 spiro atoms. The van der Waals surface area contributed by atoms with Crippen molar-refractivity contribution < 1.29 is 9.53 Å². The van der Waals surface area contributed by atoms with Gasteiger partial charge in [-0.1, -0.05) is 18.2 Å². The van der Waals surface area contributed by atoms with Crippen molar-refractivity contribution in [2.75, 3.05) is 41.4 Å². The summed E-state index contributed by atoms with van der Waals surface area (Å²) in [5.41, 5.74) is 10.1. The van der Waals surface area contributed by atoms with Crippen molar-refractivity contribution in [3.05, 3.63) is 72.4 Å². The van der Waals surface area contributed by atoms with Crippen LogP contribution >= 0.6 is 0 Å². The summed E-state index contributed by atoms with van der Waals surface area (Å²) in [5, 5.41) is 3.37. The number of hydrogen-bond donors (Lipinski definition) is 2. The lowest BCUT2D eigenvalue weighted by atomic mass is 10.1. The Balaban J connectivity index is 1.42. The number of anilines is 5. The van der Waals surface area contributed by atoms with E-state index < -0.39 is 5.91 Å². The third-order valence-electron chi connectivity index (χ3n) is 5.87. The van der Waals surface area contributed by atoms with Gasteiger partial charge in [-0.05, 0) is 49.2 Å². The minimum Gasteiger partial charge on any atom is -0.378 e. The molecular weight excluding hydrogens is 402 g/mol. The van der Waals surface area contributed by atoms with Crippen LogP contribution < -0.4 is 20.9 Å². The predicted octanol–water partition coefficient (Wildman–Crippen LogP) is 4.06. The van der Waals surface area contributed by atoms with Gasteiger partial charge in [0.2, 0.25) is 0 Å². The Kier molecular flexibility index (Phi) is 5.64. The van der Waals surface area contributed by atoms with E-state index in [4.69, 9.17) is 10.5 Å². The highest BCUT2D eigenvalue weighted by atomic mass is 16.5. The number of rotatable bonds is 7. The van der Waals surface area contributed by atoms with Crippen molar-refractivity contribution >= 4 is 34.5 Å². The van der Waals surface area contributed by atoms with Gasteiger partial charge in [-0.3, -0.25) is 4.79 Å². The number of carbonyl (C=O) groups is 1. The molecule has 3 aromatic rings. The fraction of sp³-hybridized carbons (Fsp3) is 0.280. The minimum absolute atomic E-state index is 0.360. The standard InChI is InChI=1S/C25H27N5O2/c26-25(31)22-17-27-24(16-23(22)30(21-10-11-21)20-4-2-1-3-5-20)28-18-6-8-19(9-7-18)29-12-14-32-15-13-29/h1-9,16-17,21H,10-15H2,(H2,26,31)(H,27,28). The summed E-state index contributed by atoms with van der Waals surface area (Å²) < 4.78 is 5.43. The van der Waals surface area contributed by atoms with E-state index in [9.17, 15) is 4.79 Å². The van der Waals surface area contributed by atoms with Crippen LogP contribution in [0.4, 0.5) is 28.6 Å². The maximum Gasteiger partial charge on any atom is 0.252 e. The van der Waals surface area contributed by atoms with Crippen LogP contribution in [0.2, 0.25) is 0 Å². The third-order valence-corrected chi connectivity index (χ3v) is 5.87. The molecule has 2 fully saturated rings. The largest absolute Gasteiger partial charge is 0.378 e. The average Bonchev–Trinajstić information content (AvgIpc) is 3.66. The Morgan fingerprint density at radius 3 is 2.44 bits per heavy atom. The van der Waals surface area contributed by atoms with Gasteiger partial charge in [0.25, 0.3) is 5.91 Å². The normalized spacial score (nSPS) is 15.9. The lowest BCUT2D eigenvalue weighted by Gasteiger charge is -2.29. The van der Waals surface area contributed by atoms with Gasteiger partial charge in [-0.15, -0.1) is 0 Å². The van der Waals surface area contributed by atoms with Gasteiger partial charge in [-0.2, -0.15) is 0 Å². The Morgan fingerprint density at radius 2 is 1.78 bits per heavy atom. The molecule has 1 aromatic heterocycles. The molecular formula is C25H27N5O2. The van der Waals surface area contributed by atoms with Gasteiger partial charge < -0.3 is 25.6 Å². The molecule has 5 rings (SSSR count). The molecule has 3 N–H and O–H groups in total. The van der Waals surface area contributed by atoms with Crippen molar-refractivity contribution in [2.24, 2.45) is 5.73 Å². The zero-order chi connectivity index (χ0) is 21.9.